The lowest BCUT2D eigenvalue weighted by molar-refractivity contribution is 0.290. The van der Waals surface area contributed by atoms with Gasteiger partial charge < -0.3 is 10.1 Å². The Bertz CT molecular complexity index is 616. The van der Waals surface area contributed by atoms with E-state index in [1.165, 1.54) is 0 Å². The molecule has 21 heavy (non-hydrogen) atoms. The van der Waals surface area contributed by atoms with Crippen molar-refractivity contribution in [3.8, 4) is 5.88 Å². The third-order valence-electron chi connectivity index (χ3n) is 3.12. The van der Waals surface area contributed by atoms with Crippen LogP contribution in [0, 0.1) is 6.92 Å². The Kier molecular flexibility index (Phi) is 5.56. The van der Waals surface area contributed by atoms with Gasteiger partial charge in [0.05, 0.1) is 5.56 Å². The lowest BCUT2D eigenvalue weighted by atomic mass is 10.2. The van der Waals surface area contributed by atoms with Crippen molar-refractivity contribution in [1.82, 2.24) is 9.97 Å². The summed E-state index contributed by atoms with van der Waals surface area (Å²) in [6.45, 7) is 4.58. The van der Waals surface area contributed by atoms with Crippen LogP contribution in [0.2, 0.25) is 0 Å². The zero-order valence-electron chi connectivity index (χ0n) is 12.6. The highest BCUT2D eigenvalue weighted by Gasteiger charge is 2.11. The van der Waals surface area contributed by atoms with Crippen LogP contribution in [-0.4, -0.2) is 17.0 Å². The quantitative estimate of drug-likeness (QED) is 0.851. The third-order valence-corrected chi connectivity index (χ3v) is 3.62. The van der Waals surface area contributed by atoms with Gasteiger partial charge in [0.25, 0.3) is 0 Å². The summed E-state index contributed by atoms with van der Waals surface area (Å²) in [5.41, 5.74) is 2.04. The Morgan fingerprint density at radius 3 is 2.76 bits per heavy atom. The molecule has 0 bridgehead atoms. The van der Waals surface area contributed by atoms with Gasteiger partial charge in [-0.2, -0.15) is 4.98 Å². The van der Waals surface area contributed by atoms with Crippen LogP contribution in [0.15, 0.2) is 28.7 Å². The van der Waals surface area contributed by atoms with Crippen LogP contribution in [0.4, 0.5) is 5.82 Å². The number of nitrogens with one attached hydrogen (secondary N) is 1. The van der Waals surface area contributed by atoms with Gasteiger partial charge in [0, 0.05) is 17.9 Å². The second kappa shape index (κ2) is 7.41. The molecule has 1 aromatic heterocycles. The fourth-order valence-electron chi connectivity index (χ4n) is 2.04. The lowest BCUT2D eigenvalue weighted by Gasteiger charge is -2.13. The van der Waals surface area contributed by atoms with Crippen LogP contribution in [0.1, 0.15) is 30.3 Å². The molecule has 0 radical (unpaired) electrons. The molecule has 0 aliphatic heterocycles. The molecule has 0 fully saturated rings. The van der Waals surface area contributed by atoms with Gasteiger partial charge in [-0.25, -0.2) is 4.98 Å². The first kappa shape index (κ1) is 15.8. The SMILES string of the molecule is CCCc1nc(NC)c(C)c(OCc2cccc(Br)c2)n1. The maximum Gasteiger partial charge on any atom is 0.222 e. The van der Waals surface area contributed by atoms with Gasteiger partial charge in [-0.05, 0) is 31.0 Å². The minimum absolute atomic E-state index is 0.492. The molecular weight excluding hydrogens is 330 g/mol. The van der Waals surface area contributed by atoms with E-state index in [1.54, 1.807) is 0 Å². The maximum absolute atomic E-state index is 5.90. The highest BCUT2D eigenvalue weighted by atomic mass is 79.9. The van der Waals surface area contributed by atoms with Crippen molar-refractivity contribution >= 4 is 21.7 Å². The van der Waals surface area contributed by atoms with Gasteiger partial charge in [0.2, 0.25) is 5.88 Å². The number of hydrogen-bond donors (Lipinski definition) is 1. The maximum atomic E-state index is 5.90. The topological polar surface area (TPSA) is 47.0 Å². The zero-order chi connectivity index (χ0) is 15.2. The van der Waals surface area contributed by atoms with Gasteiger partial charge >= 0.3 is 0 Å². The predicted molar refractivity (Wildman–Crippen MR) is 88.8 cm³/mol. The Balaban J connectivity index is 2.20. The van der Waals surface area contributed by atoms with Crippen LogP contribution in [0.5, 0.6) is 5.88 Å². The molecule has 5 heteroatoms. The molecule has 0 saturated heterocycles. The van der Waals surface area contributed by atoms with Crippen LogP contribution in [0.25, 0.3) is 0 Å². The molecule has 0 saturated carbocycles. The number of halogens is 1. The number of anilines is 1. The standard InChI is InChI=1S/C16H20BrN3O/c1-4-6-14-19-15(18-3)11(2)16(20-14)21-10-12-7-5-8-13(17)9-12/h5,7-9H,4,6,10H2,1-3H3,(H,18,19,20). The zero-order valence-corrected chi connectivity index (χ0v) is 14.2. The fraction of sp³-hybridized carbons (Fsp3) is 0.375. The van der Waals surface area contributed by atoms with E-state index in [4.69, 9.17) is 4.74 Å². The highest BCUT2D eigenvalue weighted by Crippen LogP contribution is 2.23. The van der Waals surface area contributed by atoms with E-state index in [2.05, 4.69) is 38.1 Å². The number of ether oxygens (including phenoxy) is 1. The van der Waals surface area contributed by atoms with Crippen molar-refractivity contribution in [3.63, 3.8) is 0 Å². The number of aryl methyl sites for hydroxylation is 1. The van der Waals surface area contributed by atoms with Crippen molar-refractivity contribution in [2.45, 2.75) is 33.3 Å². The number of rotatable bonds is 6. The van der Waals surface area contributed by atoms with Crippen LogP contribution in [0.3, 0.4) is 0 Å². The molecule has 0 aliphatic carbocycles. The summed E-state index contributed by atoms with van der Waals surface area (Å²) in [6.07, 6.45) is 1.86. The van der Waals surface area contributed by atoms with Crippen molar-refractivity contribution in [3.05, 3.63) is 45.7 Å². The summed E-state index contributed by atoms with van der Waals surface area (Å²) < 4.78 is 6.94. The minimum atomic E-state index is 0.492. The fourth-order valence-corrected chi connectivity index (χ4v) is 2.48. The minimum Gasteiger partial charge on any atom is -0.472 e. The lowest BCUT2D eigenvalue weighted by Crippen LogP contribution is -2.07. The summed E-state index contributed by atoms with van der Waals surface area (Å²) in [5.74, 6) is 2.30. The van der Waals surface area contributed by atoms with Gasteiger partial charge in [-0.1, -0.05) is 35.0 Å². The molecule has 1 aromatic carbocycles. The molecule has 0 unspecified atom stereocenters. The smallest absolute Gasteiger partial charge is 0.222 e. The molecule has 1 heterocycles. The van der Waals surface area contributed by atoms with E-state index in [0.29, 0.717) is 12.5 Å². The summed E-state index contributed by atoms with van der Waals surface area (Å²) >= 11 is 3.47. The monoisotopic (exact) mass is 349 g/mol. The Labute approximate surface area is 134 Å². The summed E-state index contributed by atoms with van der Waals surface area (Å²) in [7, 11) is 1.86. The average Bonchev–Trinajstić information content (AvgIpc) is 2.48. The average molecular weight is 350 g/mol. The second-order valence-corrected chi connectivity index (χ2v) is 5.75. The largest absolute Gasteiger partial charge is 0.472 e. The van der Waals surface area contributed by atoms with Crippen LogP contribution in [-0.2, 0) is 13.0 Å². The van der Waals surface area contributed by atoms with E-state index in [-0.39, 0.29) is 0 Å². The summed E-state index contributed by atoms with van der Waals surface area (Å²) in [6, 6.07) is 8.07. The Morgan fingerprint density at radius 2 is 2.10 bits per heavy atom. The van der Waals surface area contributed by atoms with E-state index in [0.717, 1.165) is 40.1 Å². The van der Waals surface area contributed by atoms with Crippen molar-refractivity contribution in [1.29, 1.82) is 0 Å². The first-order chi connectivity index (χ1) is 10.1. The van der Waals surface area contributed by atoms with E-state index in [9.17, 15) is 0 Å². The van der Waals surface area contributed by atoms with E-state index >= 15 is 0 Å². The van der Waals surface area contributed by atoms with Gasteiger partial charge in [0.15, 0.2) is 0 Å². The molecule has 1 N–H and O–H groups in total. The van der Waals surface area contributed by atoms with Crippen LogP contribution < -0.4 is 10.1 Å². The first-order valence-corrected chi connectivity index (χ1v) is 7.85. The third kappa shape index (κ3) is 4.17. The highest BCUT2D eigenvalue weighted by molar-refractivity contribution is 9.10. The second-order valence-electron chi connectivity index (χ2n) is 4.84. The molecular formula is C16H20BrN3O. The molecule has 0 amide bonds. The molecule has 0 atom stereocenters. The van der Waals surface area contributed by atoms with Crippen molar-refractivity contribution < 1.29 is 4.74 Å². The molecule has 0 aliphatic rings. The van der Waals surface area contributed by atoms with Crippen LogP contribution >= 0.6 is 15.9 Å². The van der Waals surface area contributed by atoms with Crippen molar-refractivity contribution in [2.75, 3.05) is 12.4 Å². The molecule has 2 rings (SSSR count). The van der Waals surface area contributed by atoms with E-state index in [1.807, 2.05) is 38.2 Å². The number of hydrogen-bond acceptors (Lipinski definition) is 4. The Morgan fingerprint density at radius 1 is 1.29 bits per heavy atom. The predicted octanol–water partition coefficient (Wildman–Crippen LogP) is 4.12. The van der Waals surface area contributed by atoms with E-state index < -0.39 is 0 Å². The first-order valence-electron chi connectivity index (χ1n) is 7.06. The van der Waals surface area contributed by atoms with Gasteiger partial charge in [-0.15, -0.1) is 0 Å². The number of nitrogens with zero attached hydrogens (tertiary/aromatic N) is 2. The molecule has 4 nitrogen and oxygen atoms in total. The number of benzene rings is 1. The summed E-state index contributed by atoms with van der Waals surface area (Å²) in [5, 5.41) is 3.10. The molecule has 0 spiro atoms. The van der Waals surface area contributed by atoms with Crippen molar-refractivity contribution in [2.24, 2.45) is 0 Å². The normalized spacial score (nSPS) is 10.5. The van der Waals surface area contributed by atoms with Gasteiger partial charge in [0.1, 0.15) is 18.2 Å². The molecule has 112 valence electrons. The summed E-state index contributed by atoms with van der Waals surface area (Å²) in [4.78, 5) is 9.02. The number of aromatic nitrogens is 2. The molecule has 2 aromatic rings. The Hall–Kier alpha value is -1.62. The van der Waals surface area contributed by atoms with Gasteiger partial charge in [-0.3, -0.25) is 0 Å².